The molecule has 0 N–H and O–H groups in total. The van der Waals surface area contributed by atoms with Gasteiger partial charge in [-0.25, -0.2) is 4.79 Å². The van der Waals surface area contributed by atoms with Crippen molar-refractivity contribution in [2.75, 3.05) is 7.05 Å². The highest BCUT2D eigenvalue weighted by atomic mass is 16.6. The summed E-state index contributed by atoms with van der Waals surface area (Å²) in [5, 5.41) is 0. The Labute approximate surface area is 115 Å². The number of hydrogen-bond donors (Lipinski definition) is 0. The molecule has 0 radical (unpaired) electrons. The Bertz CT molecular complexity index is 400. The van der Waals surface area contributed by atoms with E-state index < -0.39 is 0 Å². The predicted molar refractivity (Wildman–Crippen MR) is 75.8 cm³/mol. The first kappa shape index (κ1) is 13.9. The molecule has 0 spiro atoms. The smallest absolute Gasteiger partial charge is 0.410 e. The molecule has 104 valence electrons. The number of carbonyl (C=O) groups is 1. The van der Waals surface area contributed by atoms with E-state index in [1.165, 1.54) is 19.3 Å². The van der Waals surface area contributed by atoms with Gasteiger partial charge in [0.25, 0.3) is 0 Å². The van der Waals surface area contributed by atoms with E-state index in [4.69, 9.17) is 4.74 Å². The maximum absolute atomic E-state index is 11.9. The topological polar surface area (TPSA) is 29.5 Å². The molecule has 1 aromatic carbocycles. The number of rotatable bonds is 5. The Morgan fingerprint density at radius 2 is 2.05 bits per heavy atom. The Kier molecular flexibility index (Phi) is 4.83. The molecule has 0 aromatic heterocycles. The van der Waals surface area contributed by atoms with Crippen molar-refractivity contribution in [2.45, 2.75) is 45.3 Å². The molecule has 1 aliphatic rings. The lowest BCUT2D eigenvalue weighted by molar-refractivity contribution is 0.0856. The van der Waals surface area contributed by atoms with Crippen molar-refractivity contribution in [3.63, 3.8) is 0 Å². The lowest BCUT2D eigenvalue weighted by atomic mass is 9.81. The van der Waals surface area contributed by atoms with Gasteiger partial charge in [0.2, 0.25) is 0 Å². The minimum atomic E-state index is -0.226. The molecular formula is C16H23NO2. The summed E-state index contributed by atoms with van der Waals surface area (Å²) in [6.07, 6.45) is 4.85. The standard InChI is InChI=1S/C16H23NO2/c1-13(11-14-9-6-10-14)17(2)16(18)19-12-15-7-4-3-5-8-15/h3-5,7-8,13-14H,6,9-12H2,1-2H3. The van der Waals surface area contributed by atoms with Gasteiger partial charge in [-0.2, -0.15) is 0 Å². The fourth-order valence-electron chi connectivity index (χ4n) is 2.37. The summed E-state index contributed by atoms with van der Waals surface area (Å²) in [5.74, 6) is 0.805. The highest BCUT2D eigenvalue weighted by molar-refractivity contribution is 5.67. The summed E-state index contributed by atoms with van der Waals surface area (Å²) in [7, 11) is 1.83. The Morgan fingerprint density at radius 1 is 1.37 bits per heavy atom. The van der Waals surface area contributed by atoms with E-state index in [2.05, 4.69) is 6.92 Å². The van der Waals surface area contributed by atoms with Crippen molar-refractivity contribution in [3.8, 4) is 0 Å². The molecule has 1 fully saturated rings. The summed E-state index contributed by atoms with van der Waals surface area (Å²) in [5.41, 5.74) is 1.02. The van der Waals surface area contributed by atoms with E-state index in [1.807, 2.05) is 37.4 Å². The van der Waals surface area contributed by atoms with Crippen LogP contribution < -0.4 is 0 Å². The van der Waals surface area contributed by atoms with E-state index in [0.29, 0.717) is 6.61 Å². The van der Waals surface area contributed by atoms with E-state index in [9.17, 15) is 4.79 Å². The van der Waals surface area contributed by atoms with Crippen molar-refractivity contribution in [1.29, 1.82) is 0 Å². The third kappa shape index (κ3) is 3.98. The number of nitrogens with zero attached hydrogens (tertiary/aromatic N) is 1. The highest BCUT2D eigenvalue weighted by Gasteiger charge is 2.24. The molecule has 1 unspecified atom stereocenters. The summed E-state index contributed by atoms with van der Waals surface area (Å²) in [4.78, 5) is 13.7. The van der Waals surface area contributed by atoms with Crippen LogP contribution in [0, 0.1) is 5.92 Å². The quantitative estimate of drug-likeness (QED) is 0.806. The predicted octanol–water partition coefficient (Wildman–Crippen LogP) is 3.83. The molecule has 1 amide bonds. The van der Waals surface area contributed by atoms with Crippen molar-refractivity contribution in [1.82, 2.24) is 4.90 Å². The third-order valence-corrected chi connectivity index (χ3v) is 4.05. The molecule has 0 saturated heterocycles. The van der Waals surface area contributed by atoms with Crippen LogP contribution in [0.25, 0.3) is 0 Å². The van der Waals surface area contributed by atoms with Crippen LogP contribution in [0.15, 0.2) is 30.3 Å². The fourth-order valence-corrected chi connectivity index (χ4v) is 2.37. The van der Waals surface area contributed by atoms with Gasteiger partial charge in [-0.1, -0.05) is 49.6 Å². The van der Waals surface area contributed by atoms with Gasteiger partial charge >= 0.3 is 6.09 Å². The molecule has 0 bridgehead atoms. The first-order chi connectivity index (χ1) is 9.16. The zero-order valence-electron chi connectivity index (χ0n) is 11.8. The van der Waals surface area contributed by atoms with Crippen LogP contribution in [0.2, 0.25) is 0 Å². The molecule has 3 nitrogen and oxygen atoms in total. The van der Waals surface area contributed by atoms with Crippen LogP contribution >= 0.6 is 0 Å². The van der Waals surface area contributed by atoms with Crippen molar-refractivity contribution < 1.29 is 9.53 Å². The van der Waals surface area contributed by atoms with Crippen LogP contribution in [0.4, 0.5) is 4.79 Å². The van der Waals surface area contributed by atoms with Gasteiger partial charge in [-0.3, -0.25) is 0 Å². The van der Waals surface area contributed by atoms with Crippen LogP contribution in [-0.4, -0.2) is 24.1 Å². The number of carbonyl (C=O) groups excluding carboxylic acids is 1. The van der Waals surface area contributed by atoms with E-state index in [0.717, 1.165) is 17.9 Å². The van der Waals surface area contributed by atoms with E-state index in [-0.39, 0.29) is 12.1 Å². The van der Waals surface area contributed by atoms with Gasteiger partial charge in [0.1, 0.15) is 6.61 Å². The molecule has 19 heavy (non-hydrogen) atoms. The van der Waals surface area contributed by atoms with Crippen molar-refractivity contribution in [2.24, 2.45) is 5.92 Å². The second-order valence-electron chi connectivity index (χ2n) is 5.53. The SMILES string of the molecule is CC(CC1CCC1)N(C)C(=O)OCc1ccccc1. The first-order valence-corrected chi connectivity index (χ1v) is 7.10. The molecular weight excluding hydrogens is 238 g/mol. The Balaban J connectivity index is 1.75. The summed E-state index contributed by atoms with van der Waals surface area (Å²) < 4.78 is 5.33. The Hall–Kier alpha value is -1.51. The molecule has 0 heterocycles. The second kappa shape index (κ2) is 6.60. The van der Waals surface area contributed by atoms with Gasteiger partial charge in [0.15, 0.2) is 0 Å². The zero-order chi connectivity index (χ0) is 13.7. The normalized spacial score (nSPS) is 16.5. The monoisotopic (exact) mass is 261 g/mol. The summed E-state index contributed by atoms with van der Waals surface area (Å²) in [6, 6.07) is 10.0. The van der Waals surface area contributed by atoms with E-state index >= 15 is 0 Å². The largest absolute Gasteiger partial charge is 0.445 e. The van der Waals surface area contributed by atoms with Crippen molar-refractivity contribution in [3.05, 3.63) is 35.9 Å². The van der Waals surface area contributed by atoms with Crippen LogP contribution in [0.5, 0.6) is 0 Å². The molecule has 1 saturated carbocycles. The third-order valence-electron chi connectivity index (χ3n) is 4.05. The number of amides is 1. The molecule has 1 aliphatic carbocycles. The minimum absolute atomic E-state index is 0.226. The average molecular weight is 261 g/mol. The molecule has 1 aromatic rings. The lowest BCUT2D eigenvalue weighted by Gasteiger charge is -2.32. The number of ether oxygens (including phenoxy) is 1. The van der Waals surface area contributed by atoms with Crippen molar-refractivity contribution >= 4 is 6.09 Å². The fraction of sp³-hybridized carbons (Fsp3) is 0.562. The second-order valence-corrected chi connectivity index (χ2v) is 5.53. The molecule has 2 rings (SSSR count). The molecule has 3 heteroatoms. The van der Waals surface area contributed by atoms with E-state index in [1.54, 1.807) is 4.90 Å². The molecule has 1 atom stereocenters. The van der Waals surface area contributed by atoms with Crippen LogP contribution in [0.1, 0.15) is 38.2 Å². The highest BCUT2D eigenvalue weighted by Crippen LogP contribution is 2.31. The summed E-state index contributed by atoms with van der Waals surface area (Å²) >= 11 is 0. The maximum Gasteiger partial charge on any atom is 0.410 e. The van der Waals surface area contributed by atoms with Crippen LogP contribution in [-0.2, 0) is 11.3 Å². The summed E-state index contributed by atoms with van der Waals surface area (Å²) in [6.45, 7) is 2.45. The maximum atomic E-state index is 11.9. The van der Waals surface area contributed by atoms with Gasteiger partial charge in [0, 0.05) is 13.1 Å². The minimum Gasteiger partial charge on any atom is -0.445 e. The van der Waals surface area contributed by atoms with Crippen LogP contribution in [0.3, 0.4) is 0 Å². The molecule has 0 aliphatic heterocycles. The number of hydrogen-bond acceptors (Lipinski definition) is 2. The van der Waals surface area contributed by atoms with Gasteiger partial charge in [-0.15, -0.1) is 0 Å². The zero-order valence-corrected chi connectivity index (χ0v) is 11.8. The lowest BCUT2D eigenvalue weighted by Crippen LogP contribution is -2.37. The van der Waals surface area contributed by atoms with Gasteiger partial charge in [-0.05, 0) is 24.8 Å². The number of benzene rings is 1. The van der Waals surface area contributed by atoms with Gasteiger partial charge in [0.05, 0.1) is 0 Å². The first-order valence-electron chi connectivity index (χ1n) is 7.10. The average Bonchev–Trinajstić information content (AvgIpc) is 2.40. The van der Waals surface area contributed by atoms with Gasteiger partial charge < -0.3 is 9.64 Å². The Morgan fingerprint density at radius 3 is 2.63 bits per heavy atom.